The van der Waals surface area contributed by atoms with Crippen LogP contribution in [0.5, 0.6) is 0 Å². The summed E-state index contributed by atoms with van der Waals surface area (Å²) in [6.45, 7) is 6.44. The van der Waals surface area contributed by atoms with Gasteiger partial charge >= 0.3 is 0 Å². The molecule has 1 atom stereocenters. The van der Waals surface area contributed by atoms with Crippen LogP contribution in [0.25, 0.3) is 0 Å². The maximum Gasteiger partial charge on any atom is 0.108 e. The number of nitrogens with zero attached hydrogens (tertiary/aromatic N) is 1. The van der Waals surface area contributed by atoms with Gasteiger partial charge in [-0.15, -0.1) is 0 Å². The van der Waals surface area contributed by atoms with E-state index in [1.54, 1.807) is 6.26 Å². The first-order valence-electron chi connectivity index (χ1n) is 5.74. The van der Waals surface area contributed by atoms with Crippen LogP contribution in [0, 0.1) is 0 Å². The minimum Gasteiger partial charge on any atom is -0.469 e. The Morgan fingerprint density at radius 3 is 2.75 bits per heavy atom. The summed E-state index contributed by atoms with van der Waals surface area (Å²) in [6.07, 6.45) is 4.58. The highest BCUT2D eigenvalue weighted by Crippen LogP contribution is 2.20. The number of hydrogen-bond acceptors (Lipinski definition) is 2. The van der Waals surface area contributed by atoms with Crippen molar-refractivity contribution >= 4 is 0 Å². The lowest BCUT2D eigenvalue weighted by Gasteiger charge is -2.06. The normalized spacial score (nSPS) is 13.2. The summed E-state index contributed by atoms with van der Waals surface area (Å²) in [6, 6.07) is 3.95. The molecule has 2 heterocycles. The van der Waals surface area contributed by atoms with Crippen LogP contribution in [-0.2, 0) is 6.42 Å². The number of aromatic nitrogens is 2. The number of rotatable bonds is 4. The number of nitrogens with one attached hydrogen (secondary N) is 1. The van der Waals surface area contributed by atoms with Gasteiger partial charge in [0.2, 0.25) is 0 Å². The average molecular weight is 218 g/mol. The van der Waals surface area contributed by atoms with Crippen molar-refractivity contribution in [2.24, 2.45) is 0 Å². The average Bonchev–Trinajstić information content (AvgIpc) is 2.87. The van der Waals surface area contributed by atoms with E-state index >= 15 is 0 Å². The van der Waals surface area contributed by atoms with Crippen molar-refractivity contribution in [3.05, 3.63) is 41.9 Å². The standard InChI is InChI=1S/C13H18N2O/c1-9(2)13-14-8-11(15-13)7-10(3)12-5-4-6-16-12/h4-6,8-10H,7H2,1-3H3,(H,14,15). The Hall–Kier alpha value is -1.51. The molecule has 0 fully saturated rings. The Morgan fingerprint density at radius 1 is 1.38 bits per heavy atom. The molecule has 0 aliphatic rings. The first kappa shape index (κ1) is 11.0. The van der Waals surface area contributed by atoms with Crippen molar-refractivity contribution in [2.45, 2.75) is 39.0 Å². The Labute approximate surface area is 95.9 Å². The monoisotopic (exact) mass is 218 g/mol. The summed E-state index contributed by atoms with van der Waals surface area (Å²) in [4.78, 5) is 7.72. The van der Waals surface area contributed by atoms with Gasteiger partial charge in [-0.25, -0.2) is 4.98 Å². The summed E-state index contributed by atoms with van der Waals surface area (Å²) in [5.74, 6) is 2.92. The molecule has 1 N–H and O–H groups in total. The minimum absolute atomic E-state index is 0.385. The van der Waals surface area contributed by atoms with Crippen molar-refractivity contribution in [1.29, 1.82) is 0 Å². The largest absolute Gasteiger partial charge is 0.469 e. The SMILES string of the molecule is CC(C)c1ncc(CC(C)c2ccco2)[nH]1. The van der Waals surface area contributed by atoms with E-state index in [2.05, 4.69) is 30.7 Å². The van der Waals surface area contributed by atoms with Crippen LogP contribution in [0.15, 0.2) is 29.0 Å². The number of H-pyrrole nitrogens is 1. The molecule has 0 spiro atoms. The van der Waals surface area contributed by atoms with Gasteiger partial charge in [-0.3, -0.25) is 0 Å². The summed E-state index contributed by atoms with van der Waals surface area (Å²) >= 11 is 0. The molecule has 0 aliphatic carbocycles. The zero-order chi connectivity index (χ0) is 11.5. The van der Waals surface area contributed by atoms with Gasteiger partial charge in [-0.2, -0.15) is 0 Å². The Balaban J connectivity index is 2.03. The van der Waals surface area contributed by atoms with E-state index in [-0.39, 0.29) is 0 Å². The van der Waals surface area contributed by atoms with Gasteiger partial charge in [-0.1, -0.05) is 20.8 Å². The summed E-state index contributed by atoms with van der Waals surface area (Å²) in [5, 5.41) is 0. The molecule has 3 nitrogen and oxygen atoms in total. The molecule has 86 valence electrons. The van der Waals surface area contributed by atoms with Crippen LogP contribution in [0.1, 0.15) is 49.9 Å². The lowest BCUT2D eigenvalue weighted by molar-refractivity contribution is 0.471. The molecule has 0 aliphatic heterocycles. The Kier molecular flexibility index (Phi) is 3.13. The third kappa shape index (κ3) is 2.35. The van der Waals surface area contributed by atoms with Crippen LogP contribution in [0.3, 0.4) is 0 Å². The van der Waals surface area contributed by atoms with Crippen LogP contribution < -0.4 is 0 Å². The van der Waals surface area contributed by atoms with Gasteiger partial charge < -0.3 is 9.40 Å². The zero-order valence-corrected chi connectivity index (χ0v) is 10.0. The molecule has 2 aromatic rings. The second-order valence-corrected chi connectivity index (χ2v) is 4.57. The second-order valence-electron chi connectivity index (χ2n) is 4.57. The molecule has 3 heteroatoms. The first-order chi connectivity index (χ1) is 7.66. The van der Waals surface area contributed by atoms with Gasteiger partial charge in [-0.05, 0) is 18.6 Å². The Morgan fingerprint density at radius 2 is 2.19 bits per heavy atom. The van der Waals surface area contributed by atoms with Crippen LogP contribution >= 0.6 is 0 Å². The maximum atomic E-state index is 5.39. The number of aromatic amines is 1. The lowest BCUT2D eigenvalue weighted by Crippen LogP contribution is -1.98. The summed E-state index contributed by atoms with van der Waals surface area (Å²) in [7, 11) is 0. The fraction of sp³-hybridized carbons (Fsp3) is 0.462. The molecular weight excluding hydrogens is 200 g/mol. The zero-order valence-electron chi connectivity index (χ0n) is 10.0. The molecular formula is C13H18N2O. The van der Waals surface area contributed by atoms with E-state index in [1.165, 1.54) is 5.69 Å². The topological polar surface area (TPSA) is 41.8 Å². The lowest BCUT2D eigenvalue weighted by atomic mass is 10.0. The van der Waals surface area contributed by atoms with Crippen LogP contribution in [-0.4, -0.2) is 9.97 Å². The van der Waals surface area contributed by atoms with E-state index in [9.17, 15) is 0 Å². The third-order valence-electron chi connectivity index (χ3n) is 2.75. The van der Waals surface area contributed by atoms with Crippen molar-refractivity contribution in [1.82, 2.24) is 9.97 Å². The van der Waals surface area contributed by atoms with Crippen molar-refractivity contribution < 1.29 is 4.42 Å². The van der Waals surface area contributed by atoms with Gasteiger partial charge in [0.25, 0.3) is 0 Å². The number of imidazole rings is 1. The van der Waals surface area contributed by atoms with Gasteiger partial charge in [0.1, 0.15) is 11.6 Å². The Bertz CT molecular complexity index is 428. The van der Waals surface area contributed by atoms with Crippen molar-refractivity contribution in [2.75, 3.05) is 0 Å². The smallest absolute Gasteiger partial charge is 0.108 e. The van der Waals surface area contributed by atoms with E-state index in [4.69, 9.17) is 4.42 Å². The molecule has 1 unspecified atom stereocenters. The molecule has 0 amide bonds. The molecule has 2 aromatic heterocycles. The highest BCUT2D eigenvalue weighted by atomic mass is 16.3. The van der Waals surface area contributed by atoms with Gasteiger partial charge in [0.15, 0.2) is 0 Å². The van der Waals surface area contributed by atoms with E-state index in [1.807, 2.05) is 18.3 Å². The van der Waals surface area contributed by atoms with E-state index in [0.717, 1.165) is 18.0 Å². The minimum atomic E-state index is 0.385. The number of furan rings is 1. The predicted molar refractivity (Wildman–Crippen MR) is 63.5 cm³/mol. The van der Waals surface area contributed by atoms with Crippen LogP contribution in [0.2, 0.25) is 0 Å². The quantitative estimate of drug-likeness (QED) is 0.853. The van der Waals surface area contributed by atoms with Crippen LogP contribution in [0.4, 0.5) is 0 Å². The van der Waals surface area contributed by atoms with E-state index < -0.39 is 0 Å². The van der Waals surface area contributed by atoms with Crippen molar-refractivity contribution in [3.63, 3.8) is 0 Å². The highest BCUT2D eigenvalue weighted by molar-refractivity contribution is 5.11. The predicted octanol–water partition coefficient (Wildman–Crippen LogP) is 3.47. The molecule has 0 radical (unpaired) electrons. The van der Waals surface area contributed by atoms with E-state index in [0.29, 0.717) is 11.8 Å². The molecule has 0 saturated heterocycles. The molecule has 0 saturated carbocycles. The highest BCUT2D eigenvalue weighted by Gasteiger charge is 2.11. The van der Waals surface area contributed by atoms with Gasteiger partial charge in [0, 0.05) is 23.7 Å². The molecule has 16 heavy (non-hydrogen) atoms. The fourth-order valence-corrected chi connectivity index (χ4v) is 1.78. The first-order valence-corrected chi connectivity index (χ1v) is 5.74. The third-order valence-corrected chi connectivity index (χ3v) is 2.75. The summed E-state index contributed by atoms with van der Waals surface area (Å²) in [5.41, 5.74) is 1.17. The second kappa shape index (κ2) is 4.56. The van der Waals surface area contributed by atoms with Gasteiger partial charge in [0.05, 0.1) is 6.26 Å². The summed E-state index contributed by atoms with van der Waals surface area (Å²) < 4.78 is 5.39. The maximum absolute atomic E-state index is 5.39. The molecule has 0 aromatic carbocycles. The molecule has 0 bridgehead atoms. The van der Waals surface area contributed by atoms with Crippen molar-refractivity contribution in [3.8, 4) is 0 Å². The molecule has 2 rings (SSSR count). The number of hydrogen-bond donors (Lipinski definition) is 1. The fourth-order valence-electron chi connectivity index (χ4n) is 1.78.